The normalized spacial score (nSPS) is 12.9. The number of benzene rings is 11. The van der Waals surface area contributed by atoms with Crippen molar-refractivity contribution in [1.29, 1.82) is 0 Å². The molecule has 3 aromatic heterocycles. The molecule has 0 radical (unpaired) electrons. The van der Waals surface area contributed by atoms with Gasteiger partial charge in [-0.2, -0.15) is 0 Å². The second-order valence-corrected chi connectivity index (χ2v) is 20.8. The van der Waals surface area contributed by atoms with E-state index >= 15 is 0 Å². The van der Waals surface area contributed by atoms with Crippen LogP contribution in [0.1, 0.15) is 22.3 Å². The number of fused-ring (bicyclic) bond motifs is 16. The molecule has 0 atom stereocenters. The van der Waals surface area contributed by atoms with Gasteiger partial charge in [0.15, 0.2) is 17.5 Å². The zero-order chi connectivity index (χ0) is 49.2. The lowest BCUT2D eigenvalue weighted by Gasteiger charge is -2.30. The molecule has 348 valence electrons. The Balaban J connectivity index is 0.822. The topological polar surface area (TPSA) is 51.8 Å². The van der Waals surface area contributed by atoms with Crippen LogP contribution in [0.2, 0.25) is 0 Å². The molecule has 0 amide bonds. The third-order valence-corrected chi connectivity index (χ3v) is 17.0. The van der Waals surface area contributed by atoms with Gasteiger partial charge < -0.3 is 4.42 Å². The molecule has 75 heavy (non-hydrogen) atoms. The van der Waals surface area contributed by atoms with Gasteiger partial charge in [-0.05, 0) is 108 Å². The fourth-order valence-corrected chi connectivity index (χ4v) is 13.7. The minimum absolute atomic E-state index is 0.387. The average Bonchev–Trinajstić information content (AvgIpc) is 4.31. The maximum atomic E-state index is 6.65. The second kappa shape index (κ2) is 16.2. The molecule has 3 heterocycles. The standard InChI is InChI=1S/C70H41N3OS/c1-2-15-42(16-3-1)43-33-37-46(38-34-43)67-71-68(73-69(72-67)54-23-14-30-63-66(54)52-20-7-11-29-62(52)75-63)53-22-13-28-61-65(53)55-41-47(39-40-60(55)74-61)44-31-35-45(36-32-44)48-21-12-27-59-64(48)51-19-6-10-26-58(51)70(59)56-24-8-4-17-49(56)50-18-5-9-25-57(50)70/h1-41H. The SMILES string of the molecule is c1ccc(-c2ccc(-c3nc(-c4cccc5oc6ccc(-c7ccc(-c8cccc9c8-c8ccccc8C98c9ccccc9-c9ccccc98)cc7)cc6c45)nc(-c4cccc5sc6ccccc6c45)n3)cc2)cc1. The Bertz CT molecular complexity index is 4600. The first-order valence-electron chi connectivity index (χ1n) is 25.5. The summed E-state index contributed by atoms with van der Waals surface area (Å²) in [7, 11) is 0. The Labute approximate surface area is 436 Å². The van der Waals surface area contributed by atoms with E-state index in [1.807, 2.05) is 18.2 Å². The van der Waals surface area contributed by atoms with E-state index in [9.17, 15) is 0 Å². The van der Waals surface area contributed by atoms with Crippen molar-refractivity contribution in [3.05, 3.63) is 271 Å². The van der Waals surface area contributed by atoms with Crippen LogP contribution in [-0.4, -0.2) is 15.0 Å². The van der Waals surface area contributed by atoms with Gasteiger partial charge in [0.05, 0.1) is 5.41 Å². The van der Waals surface area contributed by atoms with Crippen molar-refractivity contribution in [3.8, 4) is 89.8 Å². The molecule has 14 aromatic rings. The first-order chi connectivity index (χ1) is 37.2. The predicted molar refractivity (Wildman–Crippen MR) is 309 cm³/mol. The number of aromatic nitrogens is 3. The third kappa shape index (κ3) is 6.19. The molecule has 2 aliphatic carbocycles. The highest BCUT2D eigenvalue weighted by atomic mass is 32.1. The first-order valence-corrected chi connectivity index (χ1v) is 26.3. The molecule has 2 aliphatic rings. The fourth-order valence-electron chi connectivity index (χ4n) is 12.6. The average molecular weight is 972 g/mol. The van der Waals surface area contributed by atoms with Gasteiger partial charge in [0, 0.05) is 47.6 Å². The number of hydrogen-bond donors (Lipinski definition) is 0. The Morgan fingerprint density at radius 1 is 0.293 bits per heavy atom. The molecule has 0 bridgehead atoms. The summed E-state index contributed by atoms with van der Waals surface area (Å²) in [5.41, 5.74) is 21.5. The minimum atomic E-state index is -0.387. The lowest BCUT2D eigenvalue weighted by atomic mass is 9.70. The Morgan fingerprint density at radius 3 is 1.53 bits per heavy atom. The summed E-state index contributed by atoms with van der Waals surface area (Å²) in [6.07, 6.45) is 0. The Hall–Kier alpha value is -9.55. The fraction of sp³-hybridized carbons (Fsp3) is 0.0143. The molecule has 0 saturated heterocycles. The minimum Gasteiger partial charge on any atom is -0.456 e. The smallest absolute Gasteiger partial charge is 0.164 e. The summed E-state index contributed by atoms with van der Waals surface area (Å²) in [6, 6.07) is 89.8. The van der Waals surface area contributed by atoms with Gasteiger partial charge in [-0.25, -0.2) is 15.0 Å². The molecule has 4 nitrogen and oxygen atoms in total. The van der Waals surface area contributed by atoms with E-state index in [0.717, 1.165) is 66.3 Å². The molecular formula is C70H41N3OS. The van der Waals surface area contributed by atoms with Crippen LogP contribution in [0.4, 0.5) is 0 Å². The Kier molecular flexibility index (Phi) is 9.09. The largest absolute Gasteiger partial charge is 0.456 e. The van der Waals surface area contributed by atoms with Crippen molar-refractivity contribution in [2.24, 2.45) is 0 Å². The van der Waals surface area contributed by atoms with Crippen molar-refractivity contribution in [1.82, 2.24) is 15.0 Å². The van der Waals surface area contributed by atoms with Crippen LogP contribution in [0.15, 0.2) is 253 Å². The summed E-state index contributed by atoms with van der Waals surface area (Å²) in [5, 5.41) is 4.32. The van der Waals surface area contributed by atoms with Gasteiger partial charge in [-0.1, -0.05) is 218 Å². The molecule has 0 fully saturated rings. The number of rotatable bonds is 6. The molecular weight excluding hydrogens is 931 g/mol. The number of hydrogen-bond acceptors (Lipinski definition) is 5. The molecule has 0 aliphatic heterocycles. The maximum absolute atomic E-state index is 6.65. The number of nitrogens with zero attached hydrogens (tertiary/aromatic N) is 3. The van der Waals surface area contributed by atoms with Gasteiger partial charge in [0.2, 0.25) is 0 Å². The van der Waals surface area contributed by atoms with Gasteiger partial charge in [-0.3, -0.25) is 0 Å². The summed E-state index contributed by atoms with van der Waals surface area (Å²) in [5.74, 6) is 1.82. The van der Waals surface area contributed by atoms with Crippen LogP contribution in [0.5, 0.6) is 0 Å². The lowest BCUT2D eigenvalue weighted by molar-refractivity contribution is 0.669. The Morgan fingerprint density at radius 2 is 0.787 bits per heavy atom. The van der Waals surface area contributed by atoms with E-state index in [1.165, 1.54) is 70.4 Å². The van der Waals surface area contributed by atoms with Crippen LogP contribution in [0, 0.1) is 0 Å². The van der Waals surface area contributed by atoms with Crippen molar-refractivity contribution >= 4 is 53.4 Å². The van der Waals surface area contributed by atoms with Crippen molar-refractivity contribution in [2.45, 2.75) is 5.41 Å². The molecule has 5 heteroatoms. The van der Waals surface area contributed by atoms with Crippen molar-refractivity contribution in [2.75, 3.05) is 0 Å². The monoisotopic (exact) mass is 971 g/mol. The predicted octanol–water partition coefficient (Wildman–Crippen LogP) is 18.5. The molecule has 0 N–H and O–H groups in total. The van der Waals surface area contributed by atoms with E-state index in [0.29, 0.717) is 17.5 Å². The quantitative estimate of drug-likeness (QED) is 0.167. The lowest BCUT2D eigenvalue weighted by Crippen LogP contribution is -2.25. The molecule has 0 unspecified atom stereocenters. The van der Waals surface area contributed by atoms with Crippen LogP contribution in [0.3, 0.4) is 0 Å². The number of thiophene rings is 1. The summed E-state index contributed by atoms with van der Waals surface area (Å²) in [4.78, 5) is 16.0. The highest BCUT2D eigenvalue weighted by Gasteiger charge is 2.52. The number of furan rings is 1. The van der Waals surface area contributed by atoms with E-state index in [-0.39, 0.29) is 5.41 Å². The summed E-state index contributed by atoms with van der Waals surface area (Å²) < 4.78 is 9.08. The van der Waals surface area contributed by atoms with E-state index in [2.05, 4.69) is 231 Å². The highest BCUT2D eigenvalue weighted by molar-refractivity contribution is 7.25. The van der Waals surface area contributed by atoms with Crippen LogP contribution in [0.25, 0.3) is 132 Å². The highest BCUT2D eigenvalue weighted by Crippen LogP contribution is 2.64. The van der Waals surface area contributed by atoms with Crippen LogP contribution >= 0.6 is 11.3 Å². The second-order valence-electron chi connectivity index (χ2n) is 19.7. The summed E-state index contributed by atoms with van der Waals surface area (Å²) in [6.45, 7) is 0. The molecule has 0 saturated carbocycles. The van der Waals surface area contributed by atoms with Crippen LogP contribution < -0.4 is 0 Å². The van der Waals surface area contributed by atoms with Gasteiger partial charge in [0.25, 0.3) is 0 Å². The first kappa shape index (κ1) is 42.0. The molecule has 11 aromatic carbocycles. The van der Waals surface area contributed by atoms with Crippen molar-refractivity contribution < 1.29 is 4.42 Å². The van der Waals surface area contributed by atoms with Gasteiger partial charge in [0.1, 0.15) is 11.2 Å². The molecule has 1 spiro atoms. The maximum Gasteiger partial charge on any atom is 0.164 e. The third-order valence-electron chi connectivity index (χ3n) is 15.8. The van der Waals surface area contributed by atoms with E-state index in [1.54, 1.807) is 11.3 Å². The summed E-state index contributed by atoms with van der Waals surface area (Å²) >= 11 is 1.79. The zero-order valence-corrected chi connectivity index (χ0v) is 41.1. The van der Waals surface area contributed by atoms with E-state index < -0.39 is 0 Å². The van der Waals surface area contributed by atoms with E-state index in [4.69, 9.17) is 19.4 Å². The van der Waals surface area contributed by atoms with Gasteiger partial charge >= 0.3 is 0 Å². The zero-order valence-electron chi connectivity index (χ0n) is 40.3. The van der Waals surface area contributed by atoms with Gasteiger partial charge in [-0.15, -0.1) is 11.3 Å². The van der Waals surface area contributed by atoms with Crippen molar-refractivity contribution in [3.63, 3.8) is 0 Å². The molecule has 16 rings (SSSR count). The van der Waals surface area contributed by atoms with Crippen LogP contribution in [-0.2, 0) is 5.41 Å².